The van der Waals surface area contributed by atoms with E-state index in [2.05, 4.69) is 10.5 Å². The van der Waals surface area contributed by atoms with Crippen molar-refractivity contribution in [2.75, 3.05) is 13.1 Å². The Morgan fingerprint density at radius 1 is 1.19 bits per heavy atom. The van der Waals surface area contributed by atoms with Crippen LogP contribution in [-0.2, 0) is 9.59 Å². The highest BCUT2D eigenvalue weighted by molar-refractivity contribution is 6.31. The number of likely N-dealkylation sites (tertiary alicyclic amines) is 1. The zero-order chi connectivity index (χ0) is 21.8. The highest BCUT2D eigenvalue weighted by Crippen LogP contribution is 2.29. The standard InChI is InChI=1S/C24H22ClN3O3/c1-16-20(8-5-9-21(16)25)22-11-10-19(31-22)13-26-27-23(29)15-28-14-18(12-24(28)30)17-6-3-2-4-7-17/h2-11,13,18H,12,14-15H2,1H3,(H,27,29)/b26-13-/t18-/m0/s1. The second-order valence-corrected chi connectivity index (χ2v) is 7.90. The number of carbonyl (C=O) groups excluding carboxylic acids is 2. The molecule has 1 fully saturated rings. The van der Waals surface area contributed by atoms with E-state index in [1.165, 1.54) is 6.21 Å². The minimum Gasteiger partial charge on any atom is -0.455 e. The van der Waals surface area contributed by atoms with Gasteiger partial charge in [0.2, 0.25) is 5.91 Å². The second-order valence-electron chi connectivity index (χ2n) is 7.49. The Labute approximate surface area is 185 Å². The van der Waals surface area contributed by atoms with Gasteiger partial charge in [-0.2, -0.15) is 5.10 Å². The quantitative estimate of drug-likeness (QED) is 0.461. The Bertz CT molecular complexity index is 1120. The SMILES string of the molecule is Cc1c(Cl)cccc1-c1ccc(/C=N\NC(=O)CN2C[C@@H](c3ccccc3)CC2=O)o1. The number of benzene rings is 2. The van der Waals surface area contributed by atoms with Gasteiger partial charge in [-0.1, -0.05) is 54.1 Å². The molecule has 158 valence electrons. The molecule has 0 spiro atoms. The van der Waals surface area contributed by atoms with Crippen LogP contribution in [0.25, 0.3) is 11.3 Å². The van der Waals surface area contributed by atoms with E-state index in [4.69, 9.17) is 16.0 Å². The van der Waals surface area contributed by atoms with Gasteiger partial charge in [-0.15, -0.1) is 0 Å². The minimum absolute atomic E-state index is 0.0232. The Morgan fingerprint density at radius 2 is 2.00 bits per heavy atom. The van der Waals surface area contributed by atoms with E-state index in [0.717, 1.165) is 16.7 Å². The number of amides is 2. The molecule has 1 aromatic heterocycles. The van der Waals surface area contributed by atoms with Crippen LogP contribution in [0.2, 0.25) is 5.02 Å². The van der Waals surface area contributed by atoms with E-state index in [1.54, 1.807) is 11.0 Å². The maximum atomic E-state index is 12.3. The first kappa shape index (κ1) is 20.9. The summed E-state index contributed by atoms with van der Waals surface area (Å²) in [5.41, 5.74) is 5.40. The lowest BCUT2D eigenvalue weighted by atomic mass is 9.99. The predicted molar refractivity (Wildman–Crippen MR) is 120 cm³/mol. The van der Waals surface area contributed by atoms with Gasteiger partial charge >= 0.3 is 0 Å². The number of furan rings is 1. The summed E-state index contributed by atoms with van der Waals surface area (Å²) in [5.74, 6) is 0.899. The summed E-state index contributed by atoms with van der Waals surface area (Å²) in [4.78, 5) is 26.0. The molecule has 7 heteroatoms. The fourth-order valence-electron chi connectivity index (χ4n) is 3.69. The molecule has 1 aliphatic rings. The van der Waals surface area contributed by atoms with Crippen molar-refractivity contribution in [2.24, 2.45) is 5.10 Å². The van der Waals surface area contributed by atoms with Crippen molar-refractivity contribution in [3.05, 3.63) is 82.6 Å². The van der Waals surface area contributed by atoms with Gasteiger partial charge in [-0.05, 0) is 36.2 Å². The van der Waals surface area contributed by atoms with E-state index in [0.29, 0.717) is 29.5 Å². The maximum Gasteiger partial charge on any atom is 0.259 e. The molecular weight excluding hydrogens is 414 g/mol. The number of nitrogens with zero attached hydrogens (tertiary/aromatic N) is 2. The largest absolute Gasteiger partial charge is 0.455 e. The van der Waals surface area contributed by atoms with Crippen molar-refractivity contribution in [3.8, 4) is 11.3 Å². The molecule has 1 atom stereocenters. The second kappa shape index (κ2) is 9.18. The van der Waals surface area contributed by atoms with E-state index in [1.807, 2.05) is 61.5 Å². The van der Waals surface area contributed by atoms with Gasteiger partial charge in [0.05, 0.1) is 6.21 Å². The fraction of sp³-hybridized carbons (Fsp3) is 0.208. The van der Waals surface area contributed by atoms with Gasteiger partial charge in [0.25, 0.3) is 5.91 Å². The Kier molecular flexibility index (Phi) is 6.18. The first-order valence-corrected chi connectivity index (χ1v) is 10.4. The van der Waals surface area contributed by atoms with E-state index in [-0.39, 0.29) is 24.3 Å². The van der Waals surface area contributed by atoms with E-state index >= 15 is 0 Å². The van der Waals surface area contributed by atoms with E-state index < -0.39 is 0 Å². The van der Waals surface area contributed by atoms with Crippen molar-refractivity contribution in [3.63, 3.8) is 0 Å². The van der Waals surface area contributed by atoms with Gasteiger partial charge in [-0.3, -0.25) is 9.59 Å². The summed E-state index contributed by atoms with van der Waals surface area (Å²) in [7, 11) is 0. The summed E-state index contributed by atoms with van der Waals surface area (Å²) >= 11 is 6.17. The molecule has 4 rings (SSSR count). The van der Waals surface area contributed by atoms with Gasteiger partial charge in [0, 0.05) is 29.5 Å². The number of rotatable bonds is 6. The molecule has 2 aromatic carbocycles. The first-order chi connectivity index (χ1) is 15.0. The molecule has 0 radical (unpaired) electrons. The third-order valence-electron chi connectivity index (χ3n) is 5.36. The Balaban J connectivity index is 1.32. The maximum absolute atomic E-state index is 12.3. The summed E-state index contributed by atoms with van der Waals surface area (Å²) in [6.07, 6.45) is 1.85. The molecule has 31 heavy (non-hydrogen) atoms. The third-order valence-corrected chi connectivity index (χ3v) is 5.77. The number of hydrazone groups is 1. The average molecular weight is 436 g/mol. The Morgan fingerprint density at radius 3 is 2.81 bits per heavy atom. The lowest BCUT2D eigenvalue weighted by Crippen LogP contribution is -2.36. The lowest BCUT2D eigenvalue weighted by Gasteiger charge is -2.15. The molecule has 0 bridgehead atoms. The van der Waals surface area contributed by atoms with Crippen LogP contribution in [0.3, 0.4) is 0 Å². The summed E-state index contributed by atoms with van der Waals surface area (Å²) in [6.45, 7) is 2.43. The topological polar surface area (TPSA) is 74.9 Å². The number of halogens is 1. The van der Waals surface area contributed by atoms with Crippen LogP contribution >= 0.6 is 11.6 Å². The predicted octanol–water partition coefficient (Wildman–Crippen LogP) is 4.37. The minimum atomic E-state index is -0.351. The monoisotopic (exact) mass is 435 g/mol. The van der Waals surface area contributed by atoms with Crippen molar-refractivity contribution in [1.82, 2.24) is 10.3 Å². The number of carbonyl (C=O) groups is 2. The highest BCUT2D eigenvalue weighted by Gasteiger charge is 2.31. The van der Waals surface area contributed by atoms with Gasteiger partial charge in [0.1, 0.15) is 18.1 Å². The highest BCUT2D eigenvalue weighted by atomic mass is 35.5. The first-order valence-electron chi connectivity index (χ1n) is 10.0. The smallest absolute Gasteiger partial charge is 0.259 e. The van der Waals surface area contributed by atoms with Gasteiger partial charge in [0.15, 0.2) is 0 Å². The molecule has 3 aromatic rings. The Hall–Kier alpha value is -3.38. The van der Waals surface area contributed by atoms with Crippen molar-refractivity contribution < 1.29 is 14.0 Å². The summed E-state index contributed by atoms with van der Waals surface area (Å²) in [6, 6.07) is 19.1. The zero-order valence-electron chi connectivity index (χ0n) is 17.0. The van der Waals surface area contributed by atoms with Gasteiger partial charge in [-0.25, -0.2) is 5.43 Å². The van der Waals surface area contributed by atoms with Crippen LogP contribution in [-0.4, -0.2) is 36.0 Å². The molecule has 0 aliphatic carbocycles. The number of hydrogen-bond acceptors (Lipinski definition) is 4. The van der Waals surface area contributed by atoms with Crippen LogP contribution in [0, 0.1) is 6.92 Å². The van der Waals surface area contributed by atoms with Crippen molar-refractivity contribution in [2.45, 2.75) is 19.3 Å². The van der Waals surface area contributed by atoms with Crippen LogP contribution in [0.15, 0.2) is 70.2 Å². The van der Waals surface area contributed by atoms with Crippen LogP contribution in [0.4, 0.5) is 0 Å². The van der Waals surface area contributed by atoms with Gasteiger partial charge < -0.3 is 9.32 Å². The third kappa shape index (κ3) is 4.86. The van der Waals surface area contributed by atoms with Crippen molar-refractivity contribution in [1.29, 1.82) is 0 Å². The normalized spacial score (nSPS) is 16.3. The molecule has 6 nitrogen and oxygen atoms in total. The van der Waals surface area contributed by atoms with E-state index in [9.17, 15) is 9.59 Å². The lowest BCUT2D eigenvalue weighted by molar-refractivity contribution is -0.133. The average Bonchev–Trinajstić information content (AvgIpc) is 3.38. The molecule has 0 saturated carbocycles. The van der Waals surface area contributed by atoms with Crippen LogP contribution in [0.5, 0.6) is 0 Å². The molecule has 2 amide bonds. The molecule has 1 N–H and O–H groups in total. The molecule has 2 heterocycles. The van der Waals surface area contributed by atoms with Crippen LogP contribution in [0.1, 0.15) is 29.2 Å². The molecule has 1 saturated heterocycles. The summed E-state index contributed by atoms with van der Waals surface area (Å²) in [5, 5.41) is 4.62. The summed E-state index contributed by atoms with van der Waals surface area (Å²) < 4.78 is 5.78. The molecular formula is C24H22ClN3O3. The molecule has 0 unspecified atom stereocenters. The number of nitrogens with one attached hydrogen (secondary N) is 1. The fourth-order valence-corrected chi connectivity index (χ4v) is 3.87. The van der Waals surface area contributed by atoms with Crippen LogP contribution < -0.4 is 5.43 Å². The number of hydrogen-bond donors (Lipinski definition) is 1. The van der Waals surface area contributed by atoms with Crippen molar-refractivity contribution >= 4 is 29.6 Å². The molecule has 1 aliphatic heterocycles. The zero-order valence-corrected chi connectivity index (χ0v) is 17.8.